The first-order valence-corrected chi connectivity index (χ1v) is 12.2. The topological polar surface area (TPSA) is 155 Å². The fraction of sp³-hybridized carbons (Fsp3) is 0.455. The largest absolute Gasteiger partial charge is 0.480 e. The first-order chi connectivity index (χ1) is 16.0. The number of ether oxygens (including phenoxy) is 1. The molecule has 12 heteroatoms. The van der Waals surface area contributed by atoms with E-state index in [0.29, 0.717) is 13.0 Å². The molecule has 1 aromatic heterocycles. The van der Waals surface area contributed by atoms with Crippen LogP contribution >= 0.6 is 0 Å². The number of carbonyl (C=O) groups is 3. The number of sulfonamides is 1. The molecule has 0 spiro atoms. The number of aliphatic carboxylic acids is 1. The second kappa shape index (κ2) is 10.5. The van der Waals surface area contributed by atoms with Crippen LogP contribution in [0, 0.1) is 5.41 Å². The van der Waals surface area contributed by atoms with Crippen LogP contribution in [0.5, 0.6) is 0 Å². The van der Waals surface area contributed by atoms with E-state index in [1.165, 1.54) is 49.5 Å². The van der Waals surface area contributed by atoms with Crippen molar-refractivity contribution in [2.75, 3.05) is 20.6 Å². The molecule has 0 saturated carbocycles. The van der Waals surface area contributed by atoms with Crippen LogP contribution in [-0.4, -0.2) is 74.0 Å². The van der Waals surface area contributed by atoms with E-state index in [0.717, 1.165) is 12.6 Å². The minimum Gasteiger partial charge on any atom is -0.480 e. The van der Waals surface area contributed by atoms with Crippen molar-refractivity contribution < 1.29 is 32.6 Å². The SMILES string of the molecule is CN(C)C(=O)OC1=CCC(C[C@H](NS(=O)(=O)c2cccnc2)C(=O)O)(C(=O)[C@@H]2CCCN2)C=C1. The standard InChI is InChI=1S/C22H28N4O7S/c1-26(2)21(30)33-15-7-9-22(10-8-15,19(27)17-6-4-12-24-17)13-18(20(28)29)25-34(31,32)16-5-3-11-23-14-16/h3,5,7-9,11,14,17-18,24-25H,4,6,10,12-13H2,1-2H3,(H,28,29)/t17-,18-,22?/m0/s1. The summed E-state index contributed by atoms with van der Waals surface area (Å²) in [5.41, 5.74) is -1.31. The van der Waals surface area contributed by atoms with Crippen LogP contribution in [-0.2, 0) is 24.3 Å². The number of aromatic nitrogens is 1. The lowest BCUT2D eigenvalue weighted by Crippen LogP contribution is -2.49. The normalized spacial score (nSPS) is 23.1. The van der Waals surface area contributed by atoms with E-state index < -0.39 is 39.6 Å². The molecule has 1 unspecified atom stereocenters. The minimum absolute atomic E-state index is 0.0506. The van der Waals surface area contributed by atoms with Crippen molar-refractivity contribution in [3.05, 3.63) is 48.5 Å². The molecule has 34 heavy (non-hydrogen) atoms. The number of carbonyl (C=O) groups excluding carboxylic acids is 2. The second-order valence-electron chi connectivity index (χ2n) is 8.48. The Morgan fingerprint density at radius 2 is 2.15 bits per heavy atom. The van der Waals surface area contributed by atoms with Crippen molar-refractivity contribution >= 4 is 27.9 Å². The fourth-order valence-corrected chi connectivity index (χ4v) is 5.08. The lowest BCUT2D eigenvalue weighted by molar-refractivity contribution is -0.140. The highest BCUT2D eigenvalue weighted by Crippen LogP contribution is 2.38. The van der Waals surface area contributed by atoms with E-state index in [1.54, 1.807) is 6.08 Å². The molecule has 3 N–H and O–H groups in total. The number of carboxylic acids is 1. The van der Waals surface area contributed by atoms with Gasteiger partial charge in [-0.2, -0.15) is 4.72 Å². The van der Waals surface area contributed by atoms with Gasteiger partial charge in [0.1, 0.15) is 16.7 Å². The summed E-state index contributed by atoms with van der Waals surface area (Å²) < 4.78 is 32.9. The van der Waals surface area contributed by atoms with Gasteiger partial charge in [-0.05, 0) is 56.5 Å². The van der Waals surface area contributed by atoms with Crippen molar-refractivity contribution in [2.24, 2.45) is 5.41 Å². The molecule has 3 rings (SSSR count). The molecule has 1 saturated heterocycles. The number of allylic oxidation sites excluding steroid dienone is 3. The summed E-state index contributed by atoms with van der Waals surface area (Å²) in [6.07, 6.45) is 7.55. The predicted molar refractivity (Wildman–Crippen MR) is 121 cm³/mol. The highest BCUT2D eigenvalue weighted by molar-refractivity contribution is 7.89. The van der Waals surface area contributed by atoms with Gasteiger partial charge in [-0.3, -0.25) is 14.6 Å². The smallest absolute Gasteiger partial charge is 0.414 e. The third-order valence-electron chi connectivity index (χ3n) is 5.78. The zero-order valence-electron chi connectivity index (χ0n) is 18.9. The summed E-state index contributed by atoms with van der Waals surface area (Å²) in [6, 6.07) is 0.659. The molecule has 0 aromatic carbocycles. The maximum Gasteiger partial charge on any atom is 0.414 e. The van der Waals surface area contributed by atoms with Crippen molar-refractivity contribution in [1.82, 2.24) is 19.9 Å². The number of rotatable bonds is 9. The maximum absolute atomic E-state index is 13.5. The monoisotopic (exact) mass is 492 g/mol. The van der Waals surface area contributed by atoms with Gasteiger partial charge in [-0.25, -0.2) is 13.2 Å². The Hall–Kier alpha value is -3.09. The van der Waals surface area contributed by atoms with E-state index in [2.05, 4.69) is 15.0 Å². The van der Waals surface area contributed by atoms with Crippen LogP contribution in [0.3, 0.4) is 0 Å². The molecule has 1 fully saturated rings. The third kappa shape index (κ3) is 5.88. The molecule has 0 bridgehead atoms. The lowest BCUT2D eigenvalue weighted by atomic mass is 9.70. The minimum atomic E-state index is -4.20. The second-order valence-corrected chi connectivity index (χ2v) is 10.2. The molecule has 1 aliphatic carbocycles. The molecule has 2 heterocycles. The van der Waals surface area contributed by atoms with Crippen molar-refractivity contribution in [1.29, 1.82) is 0 Å². The molecule has 3 atom stereocenters. The number of Topliss-reactive ketones (excluding diaryl/α,β-unsaturated/α-hetero) is 1. The number of hydrogen-bond donors (Lipinski definition) is 3. The first-order valence-electron chi connectivity index (χ1n) is 10.8. The maximum atomic E-state index is 13.5. The lowest BCUT2D eigenvalue weighted by Gasteiger charge is -2.35. The molecule has 1 aliphatic heterocycles. The Balaban J connectivity index is 1.88. The zero-order chi connectivity index (χ0) is 24.9. The van der Waals surface area contributed by atoms with Gasteiger partial charge in [0, 0.05) is 26.5 Å². The molecule has 1 aromatic rings. The van der Waals surface area contributed by atoms with Gasteiger partial charge >= 0.3 is 12.1 Å². The summed E-state index contributed by atoms with van der Waals surface area (Å²) in [6.45, 7) is 0.660. The average Bonchev–Trinajstić information content (AvgIpc) is 3.34. The van der Waals surface area contributed by atoms with Crippen molar-refractivity contribution in [3.63, 3.8) is 0 Å². The molecule has 184 valence electrons. The molecule has 2 aliphatic rings. The number of ketones is 1. The number of hydrogen-bond acceptors (Lipinski definition) is 8. The average molecular weight is 493 g/mol. The summed E-state index contributed by atoms with van der Waals surface area (Å²) >= 11 is 0. The van der Waals surface area contributed by atoms with Gasteiger partial charge in [0.2, 0.25) is 10.0 Å². The predicted octanol–water partition coefficient (Wildman–Crippen LogP) is 1.05. The van der Waals surface area contributed by atoms with Crippen molar-refractivity contribution in [3.8, 4) is 0 Å². The Morgan fingerprint density at radius 3 is 2.68 bits per heavy atom. The Kier molecular flexibility index (Phi) is 7.85. The van der Waals surface area contributed by atoms with Crippen LogP contribution in [0.2, 0.25) is 0 Å². The molecular weight excluding hydrogens is 464 g/mol. The van der Waals surface area contributed by atoms with E-state index in [-0.39, 0.29) is 29.3 Å². The fourth-order valence-electron chi connectivity index (χ4n) is 3.92. The zero-order valence-corrected chi connectivity index (χ0v) is 19.7. The highest BCUT2D eigenvalue weighted by atomic mass is 32.2. The van der Waals surface area contributed by atoms with E-state index in [9.17, 15) is 27.9 Å². The van der Waals surface area contributed by atoms with Crippen LogP contribution in [0.15, 0.2) is 53.4 Å². The third-order valence-corrected chi connectivity index (χ3v) is 7.24. The van der Waals surface area contributed by atoms with Crippen LogP contribution in [0.4, 0.5) is 4.79 Å². The van der Waals surface area contributed by atoms with Gasteiger partial charge in [0.15, 0.2) is 5.78 Å². The Morgan fingerprint density at radius 1 is 1.38 bits per heavy atom. The molecule has 1 amide bonds. The van der Waals surface area contributed by atoms with Gasteiger partial charge < -0.3 is 20.1 Å². The summed E-state index contributed by atoms with van der Waals surface area (Å²) in [7, 11) is -1.14. The molecule has 11 nitrogen and oxygen atoms in total. The first kappa shape index (κ1) is 25.5. The van der Waals surface area contributed by atoms with E-state index in [1.807, 2.05) is 0 Å². The highest BCUT2D eigenvalue weighted by Gasteiger charge is 2.45. The summed E-state index contributed by atoms with van der Waals surface area (Å²) in [5.74, 6) is -1.42. The van der Waals surface area contributed by atoms with Crippen molar-refractivity contribution in [2.45, 2.75) is 42.7 Å². The van der Waals surface area contributed by atoms with E-state index >= 15 is 0 Å². The van der Waals surface area contributed by atoms with Gasteiger partial charge in [0.25, 0.3) is 0 Å². The summed E-state index contributed by atoms with van der Waals surface area (Å²) in [4.78, 5) is 42.3. The molecule has 0 radical (unpaired) electrons. The van der Waals surface area contributed by atoms with E-state index in [4.69, 9.17) is 4.74 Å². The van der Waals surface area contributed by atoms with Crippen LogP contribution in [0.1, 0.15) is 25.7 Å². The Bertz CT molecular complexity index is 1100. The summed E-state index contributed by atoms with van der Waals surface area (Å²) in [5, 5.41) is 12.9. The number of amides is 1. The number of carboxylic acid groups (broad SMARTS) is 1. The van der Waals surface area contributed by atoms with Crippen LogP contribution < -0.4 is 10.0 Å². The Labute approximate surface area is 197 Å². The van der Waals surface area contributed by atoms with Gasteiger partial charge in [0.05, 0.1) is 11.5 Å². The number of nitrogens with one attached hydrogen (secondary N) is 2. The van der Waals surface area contributed by atoms with Crippen LogP contribution in [0.25, 0.3) is 0 Å². The molecular formula is C22H28N4O7S. The number of nitrogens with zero attached hydrogens (tertiary/aromatic N) is 2. The van der Waals surface area contributed by atoms with Gasteiger partial charge in [-0.1, -0.05) is 6.08 Å². The number of pyridine rings is 1. The van der Waals surface area contributed by atoms with Gasteiger partial charge in [-0.15, -0.1) is 0 Å². The quantitative estimate of drug-likeness (QED) is 0.459.